The van der Waals surface area contributed by atoms with Crippen molar-refractivity contribution in [2.75, 3.05) is 26.7 Å². The van der Waals surface area contributed by atoms with Crippen molar-refractivity contribution in [2.45, 2.75) is 26.5 Å². The van der Waals surface area contributed by atoms with E-state index in [0.29, 0.717) is 6.10 Å². The second kappa shape index (κ2) is 4.37. The number of aromatic nitrogens is 1. The summed E-state index contributed by atoms with van der Waals surface area (Å²) in [5, 5.41) is 0. The highest BCUT2D eigenvalue weighted by Gasteiger charge is 2.18. The molecule has 0 radical (unpaired) electrons. The SMILES string of the molecule is Cc1ccc(C)n1CC1CN(C)CCO1. The largest absolute Gasteiger partial charge is 0.374 e. The van der Waals surface area contributed by atoms with Crippen LogP contribution in [0.3, 0.4) is 0 Å². The first kappa shape index (κ1) is 10.7. The zero-order valence-electron chi connectivity index (χ0n) is 9.86. The van der Waals surface area contributed by atoms with Gasteiger partial charge in [-0.05, 0) is 33.0 Å². The van der Waals surface area contributed by atoms with Crippen LogP contribution in [0.25, 0.3) is 0 Å². The van der Waals surface area contributed by atoms with E-state index in [1.165, 1.54) is 11.4 Å². The Labute approximate surface area is 91.6 Å². The fourth-order valence-electron chi connectivity index (χ4n) is 2.17. The lowest BCUT2D eigenvalue weighted by Crippen LogP contribution is -2.42. The average Bonchev–Trinajstić information content (AvgIpc) is 2.50. The van der Waals surface area contributed by atoms with Gasteiger partial charge in [-0.15, -0.1) is 0 Å². The van der Waals surface area contributed by atoms with Crippen LogP contribution in [0.15, 0.2) is 12.1 Å². The summed E-state index contributed by atoms with van der Waals surface area (Å²) in [5.74, 6) is 0. The van der Waals surface area contributed by atoms with Gasteiger partial charge in [0.15, 0.2) is 0 Å². The summed E-state index contributed by atoms with van der Waals surface area (Å²) < 4.78 is 8.11. The summed E-state index contributed by atoms with van der Waals surface area (Å²) in [6.45, 7) is 8.24. The van der Waals surface area contributed by atoms with Gasteiger partial charge in [-0.25, -0.2) is 0 Å². The summed E-state index contributed by atoms with van der Waals surface area (Å²) in [5.41, 5.74) is 2.65. The molecule has 0 spiro atoms. The predicted molar refractivity (Wildman–Crippen MR) is 61.1 cm³/mol. The topological polar surface area (TPSA) is 17.4 Å². The third-order valence-corrected chi connectivity index (χ3v) is 3.15. The average molecular weight is 208 g/mol. The number of hydrogen-bond acceptors (Lipinski definition) is 2. The molecular weight excluding hydrogens is 188 g/mol. The van der Waals surface area contributed by atoms with E-state index >= 15 is 0 Å². The highest BCUT2D eigenvalue weighted by atomic mass is 16.5. The normalized spacial score (nSPS) is 23.3. The van der Waals surface area contributed by atoms with Crippen LogP contribution >= 0.6 is 0 Å². The van der Waals surface area contributed by atoms with Crippen LogP contribution in [0.5, 0.6) is 0 Å². The molecule has 1 aliphatic heterocycles. The van der Waals surface area contributed by atoms with Crippen LogP contribution in [-0.2, 0) is 11.3 Å². The van der Waals surface area contributed by atoms with Gasteiger partial charge in [0.2, 0.25) is 0 Å². The zero-order valence-corrected chi connectivity index (χ0v) is 9.86. The minimum absolute atomic E-state index is 0.341. The zero-order chi connectivity index (χ0) is 10.8. The van der Waals surface area contributed by atoms with Crippen molar-refractivity contribution in [3.8, 4) is 0 Å². The van der Waals surface area contributed by atoms with E-state index in [4.69, 9.17) is 4.74 Å². The summed E-state index contributed by atoms with van der Waals surface area (Å²) in [4.78, 5) is 2.34. The van der Waals surface area contributed by atoms with Crippen molar-refractivity contribution in [1.29, 1.82) is 0 Å². The summed E-state index contributed by atoms with van der Waals surface area (Å²) in [6, 6.07) is 4.34. The van der Waals surface area contributed by atoms with Crippen LogP contribution in [0.1, 0.15) is 11.4 Å². The van der Waals surface area contributed by atoms with Gasteiger partial charge in [0.05, 0.1) is 19.3 Å². The molecule has 0 bridgehead atoms. The fraction of sp³-hybridized carbons (Fsp3) is 0.667. The quantitative estimate of drug-likeness (QED) is 0.731. The predicted octanol–water partition coefficient (Wildman–Crippen LogP) is 1.44. The molecule has 0 aromatic carbocycles. The first-order valence-corrected chi connectivity index (χ1v) is 5.59. The molecule has 1 aliphatic rings. The van der Waals surface area contributed by atoms with Crippen LogP contribution in [0.2, 0.25) is 0 Å². The van der Waals surface area contributed by atoms with Crippen molar-refractivity contribution in [3.05, 3.63) is 23.5 Å². The van der Waals surface area contributed by atoms with Crippen molar-refractivity contribution in [2.24, 2.45) is 0 Å². The fourth-order valence-corrected chi connectivity index (χ4v) is 2.17. The molecule has 2 rings (SSSR count). The Morgan fingerprint density at radius 3 is 2.60 bits per heavy atom. The lowest BCUT2D eigenvalue weighted by molar-refractivity contribution is -0.0278. The molecule has 0 saturated carbocycles. The minimum atomic E-state index is 0.341. The molecule has 0 N–H and O–H groups in total. The Kier molecular flexibility index (Phi) is 3.12. The van der Waals surface area contributed by atoms with Gasteiger partial charge >= 0.3 is 0 Å². The van der Waals surface area contributed by atoms with Crippen molar-refractivity contribution >= 4 is 0 Å². The lowest BCUT2D eigenvalue weighted by atomic mass is 10.2. The first-order chi connectivity index (χ1) is 7.16. The molecule has 3 heteroatoms. The first-order valence-electron chi connectivity index (χ1n) is 5.59. The van der Waals surface area contributed by atoms with Crippen molar-refractivity contribution < 1.29 is 4.74 Å². The molecule has 84 valence electrons. The third kappa shape index (κ3) is 2.41. The van der Waals surface area contributed by atoms with Gasteiger partial charge in [-0.1, -0.05) is 0 Å². The Bertz CT molecular complexity index is 313. The van der Waals surface area contributed by atoms with Crippen LogP contribution < -0.4 is 0 Å². The molecule has 1 aromatic rings. The van der Waals surface area contributed by atoms with Crippen LogP contribution in [-0.4, -0.2) is 42.3 Å². The molecule has 3 nitrogen and oxygen atoms in total. The Morgan fingerprint density at radius 1 is 1.33 bits per heavy atom. The van der Waals surface area contributed by atoms with Gasteiger partial charge in [0.1, 0.15) is 0 Å². The smallest absolute Gasteiger partial charge is 0.0881 e. The maximum Gasteiger partial charge on any atom is 0.0881 e. The Balaban J connectivity index is 2.02. The Morgan fingerprint density at radius 2 is 2.00 bits per heavy atom. The molecule has 2 heterocycles. The van der Waals surface area contributed by atoms with Gasteiger partial charge in [0.25, 0.3) is 0 Å². The van der Waals surface area contributed by atoms with E-state index in [0.717, 1.165) is 26.2 Å². The van der Waals surface area contributed by atoms with Gasteiger partial charge < -0.3 is 14.2 Å². The van der Waals surface area contributed by atoms with E-state index in [-0.39, 0.29) is 0 Å². The maximum atomic E-state index is 5.77. The molecule has 1 saturated heterocycles. The molecule has 15 heavy (non-hydrogen) atoms. The molecule has 1 aromatic heterocycles. The van der Waals surface area contributed by atoms with Crippen LogP contribution in [0.4, 0.5) is 0 Å². The Hall–Kier alpha value is -0.800. The van der Waals surface area contributed by atoms with Crippen molar-refractivity contribution in [1.82, 2.24) is 9.47 Å². The number of ether oxygens (including phenoxy) is 1. The van der Waals surface area contributed by atoms with E-state index in [9.17, 15) is 0 Å². The maximum absolute atomic E-state index is 5.77. The third-order valence-electron chi connectivity index (χ3n) is 3.15. The van der Waals surface area contributed by atoms with Crippen LogP contribution in [0, 0.1) is 13.8 Å². The van der Waals surface area contributed by atoms with Crippen molar-refractivity contribution in [3.63, 3.8) is 0 Å². The molecule has 1 atom stereocenters. The standard InChI is InChI=1S/C12H20N2O/c1-10-4-5-11(2)14(10)9-12-8-13(3)6-7-15-12/h4-5,12H,6-9H2,1-3H3. The number of aryl methyl sites for hydroxylation is 2. The summed E-state index contributed by atoms with van der Waals surface area (Å²) in [6.07, 6.45) is 0.341. The number of likely N-dealkylation sites (N-methyl/N-ethyl adjacent to an activating group) is 1. The van der Waals surface area contributed by atoms with Gasteiger partial charge in [-0.2, -0.15) is 0 Å². The summed E-state index contributed by atoms with van der Waals surface area (Å²) >= 11 is 0. The van der Waals surface area contributed by atoms with E-state index in [2.05, 4.69) is 42.5 Å². The highest BCUT2D eigenvalue weighted by molar-refractivity contribution is 5.13. The molecule has 0 amide bonds. The summed E-state index contributed by atoms with van der Waals surface area (Å²) in [7, 11) is 2.16. The number of morpholine rings is 1. The number of rotatable bonds is 2. The van der Waals surface area contributed by atoms with E-state index < -0.39 is 0 Å². The van der Waals surface area contributed by atoms with Gasteiger partial charge in [0, 0.05) is 24.5 Å². The second-order valence-corrected chi connectivity index (χ2v) is 4.48. The van der Waals surface area contributed by atoms with E-state index in [1.54, 1.807) is 0 Å². The highest BCUT2D eigenvalue weighted by Crippen LogP contribution is 2.12. The molecule has 0 aliphatic carbocycles. The molecule has 1 fully saturated rings. The molecule has 1 unspecified atom stereocenters. The minimum Gasteiger partial charge on any atom is -0.374 e. The number of hydrogen-bond donors (Lipinski definition) is 0. The monoisotopic (exact) mass is 208 g/mol. The second-order valence-electron chi connectivity index (χ2n) is 4.48. The van der Waals surface area contributed by atoms with Gasteiger partial charge in [-0.3, -0.25) is 0 Å². The molecular formula is C12H20N2O. The van der Waals surface area contributed by atoms with E-state index in [1.807, 2.05) is 0 Å². The lowest BCUT2D eigenvalue weighted by Gasteiger charge is -2.31. The number of nitrogens with zero attached hydrogens (tertiary/aromatic N) is 2.